The molecule has 5 nitrogen and oxygen atoms in total. The van der Waals surface area contributed by atoms with E-state index in [1.165, 1.54) is 4.90 Å². The number of nitrogens with zero attached hydrogens (tertiary/aromatic N) is 1. The first-order chi connectivity index (χ1) is 6.93. The molecule has 0 spiro atoms. The van der Waals surface area contributed by atoms with Crippen LogP contribution in [0.4, 0.5) is 0 Å². The molecule has 0 aromatic carbocycles. The minimum Gasteiger partial charge on any atom is -0.481 e. The summed E-state index contributed by atoms with van der Waals surface area (Å²) in [7, 11) is 1.65. The van der Waals surface area contributed by atoms with Crippen LogP contribution in [0.5, 0.6) is 0 Å². The summed E-state index contributed by atoms with van der Waals surface area (Å²) in [5.74, 6) is -0.955. The first-order valence-electron chi connectivity index (χ1n) is 5.01. The molecular weight excluding hydrogens is 198 g/mol. The number of amides is 1. The van der Waals surface area contributed by atoms with Crippen molar-refractivity contribution in [3.63, 3.8) is 0 Å². The molecule has 15 heavy (non-hydrogen) atoms. The van der Waals surface area contributed by atoms with Gasteiger partial charge in [0.2, 0.25) is 5.91 Å². The predicted octanol–water partition coefficient (Wildman–Crippen LogP) is 0.735. The highest BCUT2D eigenvalue weighted by atomic mass is 16.5. The third-order valence-corrected chi connectivity index (χ3v) is 1.85. The van der Waals surface area contributed by atoms with Gasteiger partial charge in [-0.3, -0.25) is 9.59 Å². The van der Waals surface area contributed by atoms with Crippen LogP contribution in [0.15, 0.2) is 0 Å². The average Bonchev–Trinajstić information content (AvgIpc) is 2.13. The quantitative estimate of drug-likeness (QED) is 0.682. The molecule has 0 aromatic rings. The largest absolute Gasteiger partial charge is 0.481 e. The maximum atomic E-state index is 11.4. The number of likely N-dealkylation sites (N-methyl/N-ethyl adjacent to an activating group) is 1. The van der Waals surface area contributed by atoms with Gasteiger partial charge in [0.25, 0.3) is 0 Å². The zero-order valence-electron chi connectivity index (χ0n) is 9.52. The van der Waals surface area contributed by atoms with Crippen molar-refractivity contribution in [2.75, 3.05) is 20.2 Å². The highest BCUT2D eigenvalue weighted by Gasteiger charge is 2.09. The number of rotatable bonds is 7. The Kier molecular flexibility index (Phi) is 6.70. The van der Waals surface area contributed by atoms with Gasteiger partial charge in [-0.1, -0.05) is 0 Å². The molecule has 0 aliphatic carbocycles. The van der Waals surface area contributed by atoms with E-state index in [4.69, 9.17) is 9.84 Å². The van der Waals surface area contributed by atoms with Crippen LogP contribution in [0.2, 0.25) is 0 Å². The molecule has 0 aliphatic rings. The first kappa shape index (κ1) is 13.9. The molecule has 0 saturated carbocycles. The summed E-state index contributed by atoms with van der Waals surface area (Å²) in [4.78, 5) is 23.1. The van der Waals surface area contributed by atoms with E-state index in [2.05, 4.69) is 0 Å². The highest BCUT2D eigenvalue weighted by molar-refractivity contribution is 5.77. The Morgan fingerprint density at radius 2 is 2.00 bits per heavy atom. The number of hydrogen-bond donors (Lipinski definition) is 1. The number of carbonyl (C=O) groups excluding carboxylic acids is 1. The summed E-state index contributed by atoms with van der Waals surface area (Å²) in [6.07, 6.45) is 0.586. The van der Waals surface area contributed by atoms with Gasteiger partial charge in [-0.2, -0.15) is 0 Å². The molecule has 0 aromatic heterocycles. The van der Waals surface area contributed by atoms with E-state index in [0.717, 1.165) is 0 Å². The van der Waals surface area contributed by atoms with Crippen molar-refractivity contribution in [2.24, 2.45) is 0 Å². The number of carbonyl (C=O) groups is 2. The van der Waals surface area contributed by atoms with Gasteiger partial charge in [-0.15, -0.1) is 0 Å². The van der Waals surface area contributed by atoms with Gasteiger partial charge in [0.1, 0.15) is 6.61 Å². The van der Waals surface area contributed by atoms with Crippen molar-refractivity contribution < 1.29 is 19.4 Å². The molecule has 88 valence electrons. The van der Waals surface area contributed by atoms with E-state index >= 15 is 0 Å². The minimum absolute atomic E-state index is 0.0290. The van der Waals surface area contributed by atoms with Crippen molar-refractivity contribution in [2.45, 2.75) is 32.8 Å². The molecule has 0 atom stereocenters. The van der Waals surface area contributed by atoms with E-state index in [9.17, 15) is 9.59 Å². The second-order valence-electron chi connectivity index (χ2n) is 3.67. The maximum absolute atomic E-state index is 11.4. The number of ether oxygens (including phenoxy) is 1. The average molecular weight is 217 g/mol. The number of aliphatic carboxylic acids is 1. The monoisotopic (exact) mass is 217 g/mol. The van der Waals surface area contributed by atoms with Crippen molar-refractivity contribution in [3.8, 4) is 0 Å². The third-order valence-electron chi connectivity index (χ3n) is 1.85. The molecule has 0 heterocycles. The van der Waals surface area contributed by atoms with E-state index in [1.807, 2.05) is 13.8 Å². The summed E-state index contributed by atoms with van der Waals surface area (Å²) in [6, 6.07) is 0. The Morgan fingerprint density at radius 1 is 1.40 bits per heavy atom. The molecule has 0 unspecified atom stereocenters. The lowest BCUT2D eigenvalue weighted by atomic mass is 10.3. The van der Waals surface area contributed by atoms with Gasteiger partial charge < -0.3 is 14.7 Å². The van der Waals surface area contributed by atoms with Gasteiger partial charge in [-0.05, 0) is 20.3 Å². The Morgan fingerprint density at radius 3 is 2.47 bits per heavy atom. The van der Waals surface area contributed by atoms with Crippen LogP contribution in [0.3, 0.4) is 0 Å². The maximum Gasteiger partial charge on any atom is 0.303 e. The fourth-order valence-electron chi connectivity index (χ4n) is 0.940. The molecule has 0 aliphatic heterocycles. The van der Waals surface area contributed by atoms with Crippen LogP contribution in [0.1, 0.15) is 26.7 Å². The predicted molar refractivity (Wildman–Crippen MR) is 55.6 cm³/mol. The first-order valence-corrected chi connectivity index (χ1v) is 5.01. The van der Waals surface area contributed by atoms with Crippen LogP contribution in [0, 0.1) is 0 Å². The van der Waals surface area contributed by atoms with Gasteiger partial charge in [-0.25, -0.2) is 0 Å². The van der Waals surface area contributed by atoms with E-state index in [-0.39, 0.29) is 25.0 Å². The highest BCUT2D eigenvalue weighted by Crippen LogP contribution is 1.95. The van der Waals surface area contributed by atoms with Crippen LogP contribution < -0.4 is 0 Å². The lowest BCUT2D eigenvalue weighted by Gasteiger charge is -2.17. The van der Waals surface area contributed by atoms with Gasteiger partial charge in [0, 0.05) is 20.0 Å². The molecule has 0 saturated heterocycles. The topological polar surface area (TPSA) is 66.8 Å². The van der Waals surface area contributed by atoms with E-state index < -0.39 is 5.97 Å². The molecule has 1 N–H and O–H groups in total. The van der Waals surface area contributed by atoms with Crippen LogP contribution in [0.25, 0.3) is 0 Å². The standard InChI is InChI=1S/C10H19NO4/c1-8(2)15-7-9(12)11(3)6-4-5-10(13)14/h8H,4-7H2,1-3H3,(H,13,14). The lowest BCUT2D eigenvalue weighted by molar-refractivity contribution is -0.139. The molecule has 0 fully saturated rings. The number of carboxylic acids is 1. The Bertz CT molecular complexity index is 215. The molecule has 5 heteroatoms. The molecule has 0 radical (unpaired) electrons. The molecule has 0 bridgehead atoms. The zero-order valence-corrected chi connectivity index (χ0v) is 9.52. The van der Waals surface area contributed by atoms with Crippen molar-refractivity contribution in [1.82, 2.24) is 4.90 Å². The van der Waals surface area contributed by atoms with Crippen molar-refractivity contribution in [1.29, 1.82) is 0 Å². The normalized spacial score (nSPS) is 10.4. The van der Waals surface area contributed by atoms with Crippen molar-refractivity contribution >= 4 is 11.9 Å². The van der Waals surface area contributed by atoms with Gasteiger partial charge in [0.15, 0.2) is 0 Å². The fourth-order valence-corrected chi connectivity index (χ4v) is 0.940. The summed E-state index contributed by atoms with van der Waals surface area (Å²) in [5.41, 5.74) is 0. The van der Waals surface area contributed by atoms with Gasteiger partial charge in [0.05, 0.1) is 6.10 Å². The third kappa shape index (κ3) is 7.93. The lowest BCUT2D eigenvalue weighted by Crippen LogP contribution is -2.32. The molecule has 0 rings (SSSR count). The summed E-state index contributed by atoms with van der Waals surface area (Å²) in [5, 5.41) is 8.41. The second-order valence-corrected chi connectivity index (χ2v) is 3.67. The minimum atomic E-state index is -0.839. The summed E-state index contributed by atoms with van der Waals surface area (Å²) >= 11 is 0. The summed E-state index contributed by atoms with van der Waals surface area (Å²) < 4.78 is 5.14. The Hall–Kier alpha value is -1.10. The van der Waals surface area contributed by atoms with Gasteiger partial charge >= 0.3 is 5.97 Å². The second kappa shape index (κ2) is 7.23. The van der Waals surface area contributed by atoms with Crippen LogP contribution >= 0.6 is 0 Å². The van der Waals surface area contributed by atoms with Crippen molar-refractivity contribution in [3.05, 3.63) is 0 Å². The van der Waals surface area contributed by atoms with E-state index in [0.29, 0.717) is 13.0 Å². The summed E-state index contributed by atoms with van der Waals surface area (Å²) in [6.45, 7) is 4.23. The fraction of sp³-hybridized carbons (Fsp3) is 0.800. The zero-order chi connectivity index (χ0) is 11.8. The SMILES string of the molecule is CC(C)OCC(=O)N(C)CCCC(=O)O. The van der Waals surface area contributed by atoms with Crippen LogP contribution in [-0.4, -0.2) is 48.2 Å². The smallest absolute Gasteiger partial charge is 0.303 e. The Labute approximate surface area is 90.0 Å². The number of hydrogen-bond acceptors (Lipinski definition) is 3. The van der Waals surface area contributed by atoms with Crippen LogP contribution in [-0.2, 0) is 14.3 Å². The Balaban J connectivity index is 3.64. The molecular formula is C10H19NO4. The van der Waals surface area contributed by atoms with E-state index in [1.54, 1.807) is 7.05 Å². The number of carboxylic acid groups (broad SMARTS) is 1. The molecule has 1 amide bonds.